The number of anilines is 2. The van der Waals surface area contributed by atoms with Crippen molar-refractivity contribution in [3.8, 4) is 0 Å². The van der Waals surface area contributed by atoms with E-state index in [9.17, 15) is 9.59 Å². The number of likely N-dealkylation sites (N-methyl/N-ethyl adjacent to an activating group) is 1. The van der Waals surface area contributed by atoms with E-state index in [1.165, 1.54) is 29.6 Å². The molecule has 2 aromatic heterocycles. The molecule has 12 heteroatoms. The lowest BCUT2D eigenvalue weighted by atomic mass is 10.1. The molecule has 0 saturated carbocycles. The minimum Gasteiger partial charge on any atom is -0.301 e. The first kappa shape index (κ1) is 26.3. The number of aromatic nitrogens is 4. The predicted octanol–water partition coefficient (Wildman–Crippen LogP) is 3.68. The molecular formula is C21H30N8O2S2. The molecule has 0 aromatic carbocycles. The smallest absolute Gasteiger partial charge is 0.230 e. The molecule has 10 nitrogen and oxygen atoms in total. The van der Waals surface area contributed by atoms with Crippen LogP contribution in [0.15, 0.2) is 28.9 Å². The highest BCUT2D eigenvalue weighted by atomic mass is 32.1. The summed E-state index contributed by atoms with van der Waals surface area (Å²) in [4.78, 5) is 23.3. The molecule has 0 aliphatic carbocycles. The molecule has 0 unspecified atom stereocenters. The Hall–Kier alpha value is -2.99. The highest BCUT2D eigenvalue weighted by Gasteiger charge is 2.10. The van der Waals surface area contributed by atoms with Crippen molar-refractivity contribution >= 4 is 51.0 Å². The number of unbranched alkanes of at least 4 members (excludes halogenated alkanes) is 1. The van der Waals surface area contributed by atoms with Gasteiger partial charge in [-0.2, -0.15) is 5.10 Å². The summed E-state index contributed by atoms with van der Waals surface area (Å²) in [6, 6.07) is 0. The zero-order chi connectivity index (χ0) is 24.2. The Balaban J connectivity index is 1.70. The minimum absolute atomic E-state index is 0.154. The zero-order valence-electron chi connectivity index (χ0n) is 19.4. The minimum atomic E-state index is -0.169. The van der Waals surface area contributed by atoms with Gasteiger partial charge in [0.25, 0.3) is 0 Å². The fourth-order valence-electron chi connectivity index (χ4n) is 2.93. The van der Waals surface area contributed by atoms with Crippen LogP contribution in [0, 0.1) is 0 Å². The van der Waals surface area contributed by atoms with Gasteiger partial charge in [0.2, 0.25) is 22.1 Å². The number of hydrogen-bond acceptors (Lipinski definition) is 10. The van der Waals surface area contributed by atoms with Gasteiger partial charge in [0.05, 0.1) is 13.0 Å². The quantitative estimate of drug-likeness (QED) is 0.190. The number of nitrogens with one attached hydrogen (secondary N) is 2. The van der Waals surface area contributed by atoms with Crippen LogP contribution < -0.4 is 10.6 Å². The molecule has 2 aromatic rings. The first-order valence-corrected chi connectivity index (χ1v) is 12.1. The average molecular weight is 491 g/mol. The molecule has 178 valence electrons. The van der Waals surface area contributed by atoms with Crippen molar-refractivity contribution < 1.29 is 9.59 Å². The highest BCUT2D eigenvalue weighted by Crippen LogP contribution is 2.20. The summed E-state index contributed by atoms with van der Waals surface area (Å²) in [5, 5.41) is 30.4. The molecular weight excluding hydrogens is 460 g/mol. The largest absolute Gasteiger partial charge is 0.301 e. The Morgan fingerprint density at radius 3 is 2.15 bits per heavy atom. The van der Waals surface area contributed by atoms with E-state index in [0.29, 0.717) is 16.8 Å². The van der Waals surface area contributed by atoms with Crippen molar-refractivity contribution in [3.05, 3.63) is 33.8 Å². The van der Waals surface area contributed by atoms with Crippen LogP contribution in [0.4, 0.5) is 10.3 Å². The Kier molecular flexibility index (Phi) is 10.8. The molecule has 0 bridgehead atoms. The van der Waals surface area contributed by atoms with Crippen molar-refractivity contribution in [3.63, 3.8) is 0 Å². The molecule has 2 rings (SSSR count). The van der Waals surface area contributed by atoms with Gasteiger partial charge in [-0.15, -0.1) is 20.4 Å². The maximum Gasteiger partial charge on any atom is 0.230 e. The van der Waals surface area contributed by atoms with Gasteiger partial charge in [-0.3, -0.25) is 14.6 Å². The van der Waals surface area contributed by atoms with Crippen molar-refractivity contribution in [2.75, 3.05) is 24.2 Å². The van der Waals surface area contributed by atoms with E-state index in [1.54, 1.807) is 6.21 Å². The van der Waals surface area contributed by atoms with E-state index in [0.717, 1.165) is 46.8 Å². The summed E-state index contributed by atoms with van der Waals surface area (Å²) >= 11 is 2.76. The molecule has 2 N–H and O–H groups in total. The van der Waals surface area contributed by atoms with Gasteiger partial charge in [0, 0.05) is 33.0 Å². The van der Waals surface area contributed by atoms with Crippen molar-refractivity contribution in [2.45, 2.75) is 52.9 Å². The van der Waals surface area contributed by atoms with Gasteiger partial charge >= 0.3 is 0 Å². The van der Waals surface area contributed by atoms with Crippen LogP contribution in [0.5, 0.6) is 0 Å². The number of aryl methyl sites for hydroxylation is 2. The Morgan fingerprint density at radius 1 is 1.03 bits per heavy atom. The van der Waals surface area contributed by atoms with Gasteiger partial charge in [-0.1, -0.05) is 40.9 Å². The summed E-state index contributed by atoms with van der Waals surface area (Å²) in [6.07, 6.45) is 7.21. The van der Waals surface area contributed by atoms with E-state index >= 15 is 0 Å². The predicted molar refractivity (Wildman–Crippen MR) is 134 cm³/mol. The SMILES string of the molecule is C=C(/C=C(\C)CN(C)/N=C\C)CC(=O)Nc1nnc(CCCCc2nnc(NC(C)=O)s2)s1. The molecule has 0 aliphatic rings. The van der Waals surface area contributed by atoms with Gasteiger partial charge in [-0.05, 0) is 32.3 Å². The number of carbonyl (C=O) groups is 2. The van der Waals surface area contributed by atoms with Gasteiger partial charge in [0.1, 0.15) is 10.0 Å². The Morgan fingerprint density at radius 2 is 1.61 bits per heavy atom. The fraction of sp³-hybridized carbons (Fsp3) is 0.476. The molecule has 0 fully saturated rings. The van der Waals surface area contributed by atoms with E-state index in [4.69, 9.17) is 0 Å². The van der Waals surface area contributed by atoms with Gasteiger partial charge in [0.15, 0.2) is 0 Å². The van der Waals surface area contributed by atoms with Crippen LogP contribution in [0.3, 0.4) is 0 Å². The first-order chi connectivity index (χ1) is 15.7. The summed E-state index contributed by atoms with van der Waals surface area (Å²) in [6.45, 7) is 9.92. The lowest BCUT2D eigenvalue weighted by Gasteiger charge is -2.13. The average Bonchev–Trinajstić information content (AvgIpc) is 3.33. The van der Waals surface area contributed by atoms with Crippen molar-refractivity contribution in [2.24, 2.45) is 5.10 Å². The highest BCUT2D eigenvalue weighted by molar-refractivity contribution is 7.15. The zero-order valence-corrected chi connectivity index (χ0v) is 21.1. The van der Waals surface area contributed by atoms with Crippen LogP contribution >= 0.6 is 22.7 Å². The molecule has 0 atom stereocenters. The van der Waals surface area contributed by atoms with Crippen LogP contribution in [-0.4, -0.2) is 57.0 Å². The van der Waals surface area contributed by atoms with Crippen LogP contribution in [0.25, 0.3) is 0 Å². The third-order valence-electron chi connectivity index (χ3n) is 4.12. The lowest BCUT2D eigenvalue weighted by Crippen LogP contribution is -2.14. The summed E-state index contributed by atoms with van der Waals surface area (Å²) in [7, 11) is 1.89. The summed E-state index contributed by atoms with van der Waals surface area (Å²) in [5.41, 5.74) is 1.79. The second kappa shape index (κ2) is 13.5. The van der Waals surface area contributed by atoms with E-state index < -0.39 is 0 Å². The van der Waals surface area contributed by atoms with Crippen molar-refractivity contribution in [1.29, 1.82) is 0 Å². The Bertz CT molecular complexity index is 1010. The normalized spacial score (nSPS) is 11.6. The van der Waals surface area contributed by atoms with Crippen molar-refractivity contribution in [1.82, 2.24) is 25.4 Å². The maximum absolute atomic E-state index is 12.3. The number of allylic oxidation sites excluding steroid dienone is 1. The molecule has 0 aliphatic heterocycles. The second-order valence-electron chi connectivity index (χ2n) is 7.45. The van der Waals surface area contributed by atoms with Gasteiger partial charge in [-0.25, -0.2) is 0 Å². The first-order valence-electron chi connectivity index (χ1n) is 10.5. The number of hydrazone groups is 1. The van der Waals surface area contributed by atoms with Crippen LogP contribution in [0.2, 0.25) is 0 Å². The fourth-order valence-corrected chi connectivity index (χ4v) is 4.55. The van der Waals surface area contributed by atoms with Crippen LogP contribution in [-0.2, 0) is 22.4 Å². The topological polar surface area (TPSA) is 125 Å². The number of rotatable bonds is 13. The molecule has 0 saturated heterocycles. The van der Waals surface area contributed by atoms with E-state index in [2.05, 4.69) is 42.7 Å². The number of amides is 2. The third kappa shape index (κ3) is 10.4. The number of hydrogen-bond donors (Lipinski definition) is 2. The second-order valence-corrected chi connectivity index (χ2v) is 9.58. The molecule has 2 amide bonds. The van der Waals surface area contributed by atoms with E-state index in [1.807, 2.05) is 32.0 Å². The maximum atomic E-state index is 12.3. The molecule has 2 heterocycles. The summed E-state index contributed by atoms with van der Waals surface area (Å²) in [5.74, 6) is -0.323. The summed E-state index contributed by atoms with van der Waals surface area (Å²) < 4.78 is 0. The van der Waals surface area contributed by atoms with Gasteiger partial charge < -0.3 is 10.6 Å². The third-order valence-corrected chi connectivity index (χ3v) is 5.92. The molecule has 33 heavy (non-hydrogen) atoms. The van der Waals surface area contributed by atoms with E-state index in [-0.39, 0.29) is 18.2 Å². The standard InChI is InChI=1S/C21H30N8O2S2/c1-6-22-29(5)13-15(3)11-14(2)12-17(31)24-21-28-26-19(33-21)10-8-7-9-18-25-27-20(32-18)23-16(4)30/h6,11H,2,7-10,12-13H2,1,3-5H3,(H,23,27,30)(H,24,28,31)/b15-11+,22-6-. The Labute approximate surface area is 201 Å². The monoisotopic (exact) mass is 490 g/mol. The number of carbonyl (C=O) groups excluding carboxylic acids is 2. The number of nitrogens with zero attached hydrogens (tertiary/aromatic N) is 6. The lowest BCUT2D eigenvalue weighted by molar-refractivity contribution is -0.115. The molecule has 0 radical (unpaired) electrons. The molecule has 0 spiro atoms. The van der Waals surface area contributed by atoms with Crippen LogP contribution in [0.1, 0.15) is 50.0 Å².